The number of ether oxygens (including phenoxy) is 1. The zero-order chi connectivity index (χ0) is 22.0. The number of nitrogens with zero attached hydrogens (tertiary/aromatic N) is 2. The third-order valence-corrected chi connectivity index (χ3v) is 5.47. The molecule has 1 heterocycles. The first-order valence-electron chi connectivity index (χ1n) is 11.1. The van der Waals surface area contributed by atoms with Crippen molar-refractivity contribution in [3.63, 3.8) is 0 Å². The number of nitrogens with one attached hydrogen (secondary N) is 3. The van der Waals surface area contributed by atoms with Gasteiger partial charge in [0.05, 0.1) is 25.1 Å². The van der Waals surface area contributed by atoms with Crippen LogP contribution in [0, 0.1) is 5.41 Å². The molecule has 176 valence electrons. The molecule has 31 heavy (non-hydrogen) atoms. The van der Waals surface area contributed by atoms with Gasteiger partial charge in [-0.05, 0) is 59.7 Å². The summed E-state index contributed by atoms with van der Waals surface area (Å²) in [7, 11) is 1.72. The first-order chi connectivity index (χ1) is 14.4. The number of guanidine groups is 1. The molecule has 0 bridgehead atoms. The van der Waals surface area contributed by atoms with Gasteiger partial charge in [0.25, 0.3) is 0 Å². The molecule has 2 rings (SSSR count). The minimum atomic E-state index is -0.560. The Hall–Kier alpha value is -1.55. The number of carbonyl (C=O) groups is 1. The van der Waals surface area contributed by atoms with Gasteiger partial charge in [0.15, 0.2) is 5.96 Å². The molecule has 1 saturated heterocycles. The molecule has 0 radical (unpaired) electrons. The lowest BCUT2D eigenvalue weighted by atomic mass is 9.92. The normalized spacial score (nSPS) is 15.7. The van der Waals surface area contributed by atoms with E-state index in [1.54, 1.807) is 7.11 Å². The number of rotatable bonds is 10. The minimum Gasteiger partial charge on any atom is -0.496 e. The molecule has 1 fully saturated rings. The van der Waals surface area contributed by atoms with Crippen LogP contribution < -0.4 is 20.7 Å². The number of hydrogen-bond donors (Lipinski definition) is 3. The average Bonchev–Trinajstić information content (AvgIpc) is 3.27. The first-order valence-corrected chi connectivity index (χ1v) is 11.1. The molecular formula is C23H40IN5O2. The Morgan fingerprint density at radius 2 is 1.77 bits per heavy atom. The molecule has 1 aromatic carbocycles. The van der Waals surface area contributed by atoms with Crippen molar-refractivity contribution >= 4 is 35.8 Å². The molecule has 1 amide bonds. The quantitative estimate of drug-likeness (QED) is 0.239. The lowest BCUT2D eigenvalue weighted by molar-refractivity contribution is -0.128. The van der Waals surface area contributed by atoms with Crippen LogP contribution in [0.25, 0.3) is 0 Å². The van der Waals surface area contributed by atoms with E-state index in [2.05, 4.69) is 33.0 Å². The molecular weight excluding hydrogens is 505 g/mol. The number of para-hydroxylation sites is 1. The fourth-order valence-corrected chi connectivity index (χ4v) is 3.71. The fourth-order valence-electron chi connectivity index (χ4n) is 3.71. The van der Waals surface area contributed by atoms with Crippen LogP contribution in [0.1, 0.15) is 52.1 Å². The van der Waals surface area contributed by atoms with E-state index in [0.29, 0.717) is 19.6 Å². The maximum atomic E-state index is 12.3. The van der Waals surface area contributed by atoms with Gasteiger partial charge in [-0.2, -0.15) is 0 Å². The average molecular weight is 546 g/mol. The van der Waals surface area contributed by atoms with E-state index in [9.17, 15) is 4.79 Å². The van der Waals surface area contributed by atoms with Gasteiger partial charge in [0, 0.05) is 25.2 Å². The summed E-state index contributed by atoms with van der Waals surface area (Å²) in [4.78, 5) is 19.5. The van der Waals surface area contributed by atoms with E-state index >= 15 is 0 Å². The highest BCUT2D eigenvalue weighted by Crippen LogP contribution is 2.31. The first kappa shape index (κ1) is 27.5. The molecule has 3 N–H and O–H groups in total. The summed E-state index contributed by atoms with van der Waals surface area (Å²) in [6.07, 6.45) is 2.45. The molecule has 0 saturated carbocycles. The number of carbonyl (C=O) groups excluding carboxylic acids is 1. The van der Waals surface area contributed by atoms with E-state index in [0.717, 1.165) is 31.3 Å². The maximum Gasteiger partial charge on any atom is 0.227 e. The third-order valence-electron chi connectivity index (χ3n) is 5.47. The van der Waals surface area contributed by atoms with E-state index in [1.165, 1.54) is 18.4 Å². The fraction of sp³-hybridized carbons (Fsp3) is 0.652. The van der Waals surface area contributed by atoms with E-state index in [1.807, 2.05) is 39.8 Å². The van der Waals surface area contributed by atoms with Gasteiger partial charge in [0.1, 0.15) is 5.75 Å². The van der Waals surface area contributed by atoms with Crippen molar-refractivity contribution in [3.05, 3.63) is 29.8 Å². The molecule has 7 nitrogen and oxygen atoms in total. The van der Waals surface area contributed by atoms with E-state index < -0.39 is 5.41 Å². The zero-order valence-electron chi connectivity index (χ0n) is 19.7. The number of likely N-dealkylation sites (tertiary alicyclic amines) is 1. The van der Waals surface area contributed by atoms with Crippen molar-refractivity contribution in [3.8, 4) is 5.75 Å². The molecule has 1 unspecified atom stereocenters. The van der Waals surface area contributed by atoms with Crippen LogP contribution in [-0.4, -0.2) is 63.1 Å². The number of amides is 1. The van der Waals surface area contributed by atoms with E-state index in [-0.39, 0.29) is 35.9 Å². The van der Waals surface area contributed by atoms with Gasteiger partial charge in [-0.25, -0.2) is 0 Å². The van der Waals surface area contributed by atoms with Crippen LogP contribution in [0.15, 0.2) is 29.3 Å². The second-order valence-corrected chi connectivity index (χ2v) is 8.32. The van der Waals surface area contributed by atoms with Crippen molar-refractivity contribution in [2.45, 2.75) is 46.6 Å². The number of halogens is 1. The van der Waals surface area contributed by atoms with Crippen LogP contribution >= 0.6 is 24.0 Å². The lowest BCUT2D eigenvalue weighted by Gasteiger charge is -2.30. The summed E-state index contributed by atoms with van der Waals surface area (Å²) >= 11 is 0. The molecule has 1 aliphatic heterocycles. The Balaban J connectivity index is 0.00000480. The van der Waals surface area contributed by atoms with Crippen molar-refractivity contribution in [2.24, 2.45) is 10.4 Å². The highest BCUT2D eigenvalue weighted by atomic mass is 127. The minimum absolute atomic E-state index is 0. The number of benzene rings is 1. The lowest BCUT2D eigenvalue weighted by Crippen LogP contribution is -2.44. The van der Waals surface area contributed by atoms with Gasteiger partial charge in [-0.1, -0.05) is 18.2 Å². The van der Waals surface area contributed by atoms with Gasteiger partial charge < -0.3 is 20.7 Å². The Morgan fingerprint density at radius 1 is 1.13 bits per heavy atom. The van der Waals surface area contributed by atoms with E-state index in [4.69, 9.17) is 9.73 Å². The molecule has 8 heteroatoms. The highest BCUT2D eigenvalue weighted by molar-refractivity contribution is 14.0. The summed E-state index contributed by atoms with van der Waals surface area (Å²) in [5.41, 5.74) is 0.628. The van der Waals surface area contributed by atoms with Crippen LogP contribution in [0.3, 0.4) is 0 Å². The van der Waals surface area contributed by atoms with Crippen molar-refractivity contribution < 1.29 is 9.53 Å². The molecule has 0 aliphatic carbocycles. The number of aliphatic imine (C=N–C) groups is 1. The number of methoxy groups -OCH3 is 1. The van der Waals surface area contributed by atoms with Crippen LogP contribution in [0.2, 0.25) is 0 Å². The third kappa shape index (κ3) is 8.14. The Bertz CT molecular complexity index is 705. The Labute approximate surface area is 204 Å². The Kier molecular flexibility index (Phi) is 12.2. The van der Waals surface area contributed by atoms with Crippen molar-refractivity contribution in [1.82, 2.24) is 20.9 Å². The summed E-state index contributed by atoms with van der Waals surface area (Å²) in [6.45, 7) is 12.5. The maximum absolute atomic E-state index is 12.3. The SMILES string of the molecule is CCNC(=O)C(C)(C)CN=C(NCC)NCC(c1ccccc1OC)N1CCCC1.I. The van der Waals surface area contributed by atoms with Gasteiger partial charge in [0.2, 0.25) is 5.91 Å². The molecule has 0 aromatic heterocycles. The predicted molar refractivity (Wildman–Crippen MR) is 138 cm³/mol. The summed E-state index contributed by atoms with van der Waals surface area (Å²) in [5, 5.41) is 9.70. The molecule has 1 atom stereocenters. The van der Waals surface area contributed by atoms with Gasteiger partial charge in [-0.15, -0.1) is 24.0 Å². The van der Waals surface area contributed by atoms with Crippen molar-refractivity contribution in [2.75, 3.05) is 46.4 Å². The highest BCUT2D eigenvalue weighted by Gasteiger charge is 2.28. The second-order valence-electron chi connectivity index (χ2n) is 8.32. The Morgan fingerprint density at radius 3 is 2.39 bits per heavy atom. The summed E-state index contributed by atoms with van der Waals surface area (Å²) < 4.78 is 5.64. The van der Waals surface area contributed by atoms with Crippen molar-refractivity contribution in [1.29, 1.82) is 0 Å². The second kappa shape index (κ2) is 13.8. The zero-order valence-corrected chi connectivity index (χ0v) is 22.0. The van der Waals surface area contributed by atoms with Crippen LogP contribution in [-0.2, 0) is 4.79 Å². The smallest absolute Gasteiger partial charge is 0.227 e. The molecule has 1 aliphatic rings. The molecule has 1 aromatic rings. The number of hydrogen-bond acceptors (Lipinski definition) is 4. The van der Waals surface area contributed by atoms with Crippen LogP contribution in [0.4, 0.5) is 0 Å². The standard InChI is InChI=1S/C23H39N5O2.HI/c1-6-24-21(29)23(3,4)17-27-22(25-7-2)26-16-19(28-14-10-11-15-28)18-12-8-9-13-20(18)30-5;/h8-9,12-13,19H,6-7,10-11,14-17H2,1-5H3,(H,24,29)(H2,25,26,27);1H. The topological polar surface area (TPSA) is 78.0 Å². The molecule has 0 spiro atoms. The summed E-state index contributed by atoms with van der Waals surface area (Å²) in [6, 6.07) is 8.43. The van der Waals surface area contributed by atoms with Crippen LogP contribution in [0.5, 0.6) is 5.75 Å². The summed E-state index contributed by atoms with van der Waals surface area (Å²) in [5.74, 6) is 1.66. The monoisotopic (exact) mass is 545 g/mol. The largest absolute Gasteiger partial charge is 0.496 e. The predicted octanol–water partition coefficient (Wildman–Crippen LogP) is 3.17. The van der Waals surface area contributed by atoms with Gasteiger partial charge >= 0.3 is 0 Å². The van der Waals surface area contributed by atoms with Gasteiger partial charge in [-0.3, -0.25) is 14.7 Å².